The molecule has 2 aliphatic rings. The van der Waals surface area contributed by atoms with Crippen molar-refractivity contribution in [2.24, 2.45) is 17.8 Å². The number of fused-ring (bicyclic) bond motifs is 1. The number of carbonyl (C=O) groups is 4. The molecule has 38 heavy (non-hydrogen) atoms. The summed E-state index contributed by atoms with van der Waals surface area (Å²) in [6.07, 6.45) is 4.86. The van der Waals surface area contributed by atoms with E-state index in [0.29, 0.717) is 12.1 Å². The van der Waals surface area contributed by atoms with Gasteiger partial charge >= 0.3 is 0 Å². The van der Waals surface area contributed by atoms with Crippen LogP contribution in [0.2, 0.25) is 0 Å². The Morgan fingerprint density at radius 1 is 1.11 bits per heavy atom. The van der Waals surface area contributed by atoms with E-state index in [4.69, 9.17) is 0 Å². The van der Waals surface area contributed by atoms with Crippen molar-refractivity contribution in [1.82, 2.24) is 35.5 Å². The maximum atomic E-state index is 13.5. The molecule has 2 fully saturated rings. The maximum Gasteiger partial charge on any atom is 0.270 e. The van der Waals surface area contributed by atoms with E-state index in [0.717, 1.165) is 31.2 Å². The monoisotopic (exact) mass is 521 g/mol. The number of amides is 4. The maximum absolute atomic E-state index is 13.5. The van der Waals surface area contributed by atoms with Gasteiger partial charge in [0.05, 0.1) is 0 Å². The molecule has 5 rings (SSSR count). The Hall–Kier alpha value is -4.22. The van der Waals surface area contributed by atoms with Gasteiger partial charge in [0.2, 0.25) is 11.8 Å². The first-order valence-corrected chi connectivity index (χ1v) is 12.6. The third kappa shape index (κ3) is 5.38. The van der Waals surface area contributed by atoms with Crippen molar-refractivity contribution >= 4 is 29.4 Å². The van der Waals surface area contributed by atoms with Crippen molar-refractivity contribution in [3.63, 3.8) is 0 Å². The number of carbonyl (C=O) groups excluding carboxylic acids is 4. The van der Waals surface area contributed by atoms with Crippen LogP contribution in [0.15, 0.2) is 30.6 Å². The minimum absolute atomic E-state index is 0.0133. The Morgan fingerprint density at radius 2 is 1.89 bits per heavy atom. The number of aromatic nitrogens is 4. The molecule has 1 unspecified atom stereocenters. The lowest BCUT2D eigenvalue weighted by molar-refractivity contribution is -0.126. The summed E-state index contributed by atoms with van der Waals surface area (Å²) in [5.74, 6) is -1.31. The third-order valence-electron chi connectivity index (χ3n) is 7.41. The van der Waals surface area contributed by atoms with Gasteiger partial charge < -0.3 is 10.6 Å². The van der Waals surface area contributed by atoms with Gasteiger partial charge in [0.1, 0.15) is 23.5 Å². The van der Waals surface area contributed by atoms with Crippen molar-refractivity contribution in [3.05, 3.63) is 58.9 Å². The second kappa shape index (κ2) is 10.6. The fraction of sp³-hybridized carbons (Fsp3) is 0.423. The zero-order valence-electron chi connectivity index (χ0n) is 20.9. The Labute approximate surface area is 217 Å². The van der Waals surface area contributed by atoms with E-state index in [-0.39, 0.29) is 65.5 Å². The number of hydrogen-bond acceptors (Lipinski definition) is 7. The quantitative estimate of drug-likeness (QED) is 0.401. The van der Waals surface area contributed by atoms with Gasteiger partial charge in [-0.2, -0.15) is 14.6 Å². The van der Waals surface area contributed by atoms with Gasteiger partial charge in [-0.05, 0) is 61.6 Å². The van der Waals surface area contributed by atoms with Crippen molar-refractivity contribution in [2.45, 2.75) is 45.6 Å². The fourth-order valence-corrected chi connectivity index (χ4v) is 5.26. The summed E-state index contributed by atoms with van der Waals surface area (Å²) in [7, 11) is 0. The minimum Gasteiger partial charge on any atom is -0.350 e. The lowest BCUT2D eigenvalue weighted by atomic mass is 9.75. The van der Waals surface area contributed by atoms with Crippen LogP contribution in [0.25, 0.3) is 5.78 Å². The van der Waals surface area contributed by atoms with Crippen LogP contribution in [0, 0.1) is 30.5 Å². The molecule has 1 aliphatic carbocycles. The number of halogens is 1. The normalized spacial score (nSPS) is 21.4. The van der Waals surface area contributed by atoms with Crippen LogP contribution < -0.4 is 16.0 Å². The minimum atomic E-state index is -0.501. The van der Waals surface area contributed by atoms with E-state index in [1.54, 1.807) is 19.1 Å². The molecular weight excluding hydrogens is 493 g/mol. The van der Waals surface area contributed by atoms with Crippen LogP contribution in [0.3, 0.4) is 0 Å². The second-order valence-corrected chi connectivity index (χ2v) is 9.98. The molecule has 0 radical (unpaired) electrons. The largest absolute Gasteiger partial charge is 0.350 e. The lowest BCUT2D eigenvalue weighted by Gasteiger charge is -2.30. The molecule has 3 aromatic rings. The molecule has 11 nitrogen and oxygen atoms in total. The van der Waals surface area contributed by atoms with Crippen molar-refractivity contribution in [2.75, 3.05) is 6.54 Å². The van der Waals surface area contributed by atoms with E-state index in [1.807, 2.05) is 0 Å². The summed E-state index contributed by atoms with van der Waals surface area (Å²) in [6.45, 7) is 2.25. The smallest absolute Gasteiger partial charge is 0.270 e. The predicted octanol–water partition coefficient (Wildman–Crippen LogP) is 1.70. The van der Waals surface area contributed by atoms with Crippen molar-refractivity contribution in [1.29, 1.82) is 0 Å². The molecule has 0 bridgehead atoms. The summed E-state index contributed by atoms with van der Waals surface area (Å²) < 4.78 is 14.8. The SMILES string of the molecule is Cc1cc(CNC(=O)c2cc(C(=O)NCC3CCC(C4CC(=O)NC4=O)CC3)n3ncnc3n2)ccc1F. The van der Waals surface area contributed by atoms with Crippen molar-refractivity contribution < 1.29 is 23.6 Å². The van der Waals surface area contributed by atoms with Crippen LogP contribution in [-0.4, -0.2) is 49.8 Å². The predicted molar refractivity (Wildman–Crippen MR) is 132 cm³/mol. The summed E-state index contributed by atoms with van der Waals surface area (Å²) in [5, 5.41) is 12.1. The van der Waals surface area contributed by atoms with Gasteiger partial charge in [-0.1, -0.05) is 12.1 Å². The lowest BCUT2D eigenvalue weighted by Crippen LogP contribution is -2.34. The molecule has 3 N–H and O–H groups in total. The highest BCUT2D eigenvalue weighted by atomic mass is 19.1. The molecule has 1 atom stereocenters. The molecule has 3 heterocycles. The first-order valence-electron chi connectivity index (χ1n) is 12.6. The van der Waals surface area contributed by atoms with Crippen LogP contribution in [0.5, 0.6) is 0 Å². The van der Waals surface area contributed by atoms with Gasteiger partial charge in [0.25, 0.3) is 17.6 Å². The number of aryl methyl sites for hydroxylation is 1. The Kier molecular flexibility index (Phi) is 7.12. The van der Waals surface area contributed by atoms with Crippen LogP contribution >= 0.6 is 0 Å². The standard InChI is InChI=1S/C26H28FN7O4/c1-14-8-16(4-7-19(14)27)12-28-24(37)20-10-21(34-26(32-20)30-13-31-34)25(38)29-11-15-2-5-17(6-3-15)18-9-22(35)33-23(18)36/h4,7-8,10,13,15,17-18H,2-3,5-6,9,11-12H2,1H3,(H,28,37)(H,29,38)(H,33,35,36). The van der Waals surface area contributed by atoms with E-state index >= 15 is 0 Å². The number of hydrogen-bond donors (Lipinski definition) is 3. The number of benzene rings is 1. The van der Waals surface area contributed by atoms with E-state index in [2.05, 4.69) is 31.0 Å². The highest BCUT2D eigenvalue weighted by Gasteiger charge is 2.38. The molecule has 12 heteroatoms. The zero-order chi connectivity index (χ0) is 26.8. The molecule has 1 aromatic carbocycles. The van der Waals surface area contributed by atoms with Crippen LogP contribution in [-0.2, 0) is 16.1 Å². The first-order chi connectivity index (χ1) is 18.3. The third-order valence-corrected chi connectivity index (χ3v) is 7.41. The van der Waals surface area contributed by atoms with Gasteiger partial charge in [-0.15, -0.1) is 0 Å². The molecule has 0 spiro atoms. The van der Waals surface area contributed by atoms with E-state index < -0.39 is 11.8 Å². The highest BCUT2D eigenvalue weighted by molar-refractivity contribution is 6.03. The molecular formula is C26H28FN7O4. The van der Waals surface area contributed by atoms with E-state index in [9.17, 15) is 23.6 Å². The number of imide groups is 1. The first kappa shape index (κ1) is 25.4. The number of nitrogens with one attached hydrogen (secondary N) is 3. The molecule has 198 valence electrons. The fourth-order valence-electron chi connectivity index (χ4n) is 5.26. The number of nitrogens with zero attached hydrogens (tertiary/aromatic N) is 4. The molecule has 1 aliphatic heterocycles. The molecule has 4 amide bonds. The molecule has 1 saturated heterocycles. The van der Waals surface area contributed by atoms with Crippen LogP contribution in [0.1, 0.15) is 64.2 Å². The Morgan fingerprint density at radius 3 is 2.61 bits per heavy atom. The summed E-state index contributed by atoms with van der Waals surface area (Å²) in [6, 6.07) is 5.96. The van der Waals surface area contributed by atoms with Gasteiger partial charge in [0, 0.05) is 31.5 Å². The molecule has 1 saturated carbocycles. The van der Waals surface area contributed by atoms with Gasteiger partial charge in [0.15, 0.2) is 0 Å². The topological polar surface area (TPSA) is 147 Å². The summed E-state index contributed by atoms with van der Waals surface area (Å²) in [4.78, 5) is 57.6. The average Bonchev–Trinajstić information content (AvgIpc) is 3.52. The Balaban J connectivity index is 1.20. The number of rotatable bonds is 7. The zero-order valence-corrected chi connectivity index (χ0v) is 20.9. The van der Waals surface area contributed by atoms with Crippen molar-refractivity contribution in [3.8, 4) is 0 Å². The van der Waals surface area contributed by atoms with Gasteiger partial charge in [-0.3, -0.25) is 24.5 Å². The second-order valence-electron chi connectivity index (χ2n) is 9.98. The van der Waals surface area contributed by atoms with Crippen LogP contribution in [0.4, 0.5) is 4.39 Å². The molecule has 2 aromatic heterocycles. The average molecular weight is 522 g/mol. The van der Waals surface area contributed by atoms with E-state index in [1.165, 1.54) is 23.0 Å². The highest BCUT2D eigenvalue weighted by Crippen LogP contribution is 2.36. The summed E-state index contributed by atoms with van der Waals surface area (Å²) in [5.41, 5.74) is 1.35. The summed E-state index contributed by atoms with van der Waals surface area (Å²) >= 11 is 0. The van der Waals surface area contributed by atoms with Gasteiger partial charge in [-0.25, -0.2) is 9.37 Å². The Bertz CT molecular complexity index is 1410.